The highest BCUT2D eigenvalue weighted by Gasteiger charge is 2.32. The van der Waals surface area contributed by atoms with Crippen LogP contribution in [0.4, 0.5) is 4.39 Å². The second-order valence-electron chi connectivity index (χ2n) is 7.62. The van der Waals surface area contributed by atoms with E-state index in [1.807, 2.05) is 19.9 Å². The Morgan fingerprint density at radius 3 is 2.60 bits per heavy atom. The minimum Gasteiger partial charge on any atom is -0.493 e. The molecule has 7 nitrogen and oxygen atoms in total. The van der Waals surface area contributed by atoms with Gasteiger partial charge in [-0.2, -0.15) is 0 Å². The lowest BCUT2D eigenvalue weighted by atomic mass is 9.87. The summed E-state index contributed by atoms with van der Waals surface area (Å²) >= 11 is 0. The molecule has 0 saturated heterocycles. The molecule has 1 unspecified atom stereocenters. The van der Waals surface area contributed by atoms with Gasteiger partial charge in [0.15, 0.2) is 17.3 Å². The van der Waals surface area contributed by atoms with Gasteiger partial charge < -0.3 is 23.9 Å². The molecule has 8 heteroatoms. The molecule has 0 fully saturated rings. The van der Waals surface area contributed by atoms with Gasteiger partial charge in [-0.1, -0.05) is 13.8 Å². The van der Waals surface area contributed by atoms with Crippen LogP contribution in [0.3, 0.4) is 0 Å². The highest BCUT2D eigenvalue weighted by Crippen LogP contribution is 2.43. The van der Waals surface area contributed by atoms with E-state index in [4.69, 9.17) is 14.2 Å². The lowest BCUT2D eigenvalue weighted by Gasteiger charge is -2.34. The SMILES string of the molecule is COCCCOc1cc2c(cc1OC)-c1c(F)c(=O)c(C(=O)O)cn1C(C(C)C)C2. The number of pyridine rings is 1. The number of carboxylic acid groups (broad SMARTS) is 1. The highest BCUT2D eigenvalue weighted by molar-refractivity contribution is 5.88. The predicted octanol–water partition coefficient (Wildman–Crippen LogP) is 3.53. The Hall–Kier alpha value is -2.87. The quantitative estimate of drug-likeness (QED) is 0.659. The van der Waals surface area contributed by atoms with Gasteiger partial charge in [-0.25, -0.2) is 9.18 Å². The van der Waals surface area contributed by atoms with E-state index >= 15 is 4.39 Å². The summed E-state index contributed by atoms with van der Waals surface area (Å²) in [6, 6.07) is 3.25. The first kappa shape index (κ1) is 21.8. The number of benzene rings is 1. The summed E-state index contributed by atoms with van der Waals surface area (Å²) in [5, 5.41) is 9.33. The average Bonchev–Trinajstić information content (AvgIpc) is 2.71. The fourth-order valence-corrected chi connectivity index (χ4v) is 3.80. The van der Waals surface area contributed by atoms with E-state index in [-0.39, 0.29) is 17.7 Å². The van der Waals surface area contributed by atoms with E-state index < -0.39 is 22.8 Å². The van der Waals surface area contributed by atoms with Crippen molar-refractivity contribution in [2.45, 2.75) is 32.7 Å². The van der Waals surface area contributed by atoms with Gasteiger partial charge in [0.2, 0.25) is 5.43 Å². The van der Waals surface area contributed by atoms with E-state index in [1.54, 1.807) is 17.7 Å². The molecule has 30 heavy (non-hydrogen) atoms. The van der Waals surface area contributed by atoms with Crippen LogP contribution in [0.2, 0.25) is 0 Å². The highest BCUT2D eigenvalue weighted by atomic mass is 19.1. The molecule has 0 radical (unpaired) electrons. The van der Waals surface area contributed by atoms with Gasteiger partial charge in [0, 0.05) is 37.9 Å². The maximum absolute atomic E-state index is 15.2. The predicted molar refractivity (Wildman–Crippen MR) is 109 cm³/mol. The van der Waals surface area contributed by atoms with Crippen LogP contribution in [-0.4, -0.2) is 43.1 Å². The number of carboxylic acids is 1. The number of aromatic carboxylic acids is 1. The van der Waals surface area contributed by atoms with Crippen LogP contribution in [0.1, 0.15) is 42.2 Å². The maximum Gasteiger partial charge on any atom is 0.341 e. The van der Waals surface area contributed by atoms with E-state index in [0.717, 1.165) is 5.56 Å². The summed E-state index contributed by atoms with van der Waals surface area (Å²) in [5.41, 5.74) is -0.301. The van der Waals surface area contributed by atoms with Gasteiger partial charge in [0.05, 0.1) is 19.4 Å². The topological polar surface area (TPSA) is 87.0 Å². The van der Waals surface area contributed by atoms with E-state index in [0.29, 0.717) is 43.1 Å². The van der Waals surface area contributed by atoms with Crippen LogP contribution in [0.5, 0.6) is 11.5 Å². The van der Waals surface area contributed by atoms with Crippen molar-refractivity contribution in [3.05, 3.63) is 45.5 Å². The summed E-state index contributed by atoms with van der Waals surface area (Å²) in [6.07, 6.45) is 2.49. The number of nitrogens with zero attached hydrogens (tertiary/aromatic N) is 1. The minimum absolute atomic E-state index is 0.0774. The van der Waals surface area contributed by atoms with Gasteiger partial charge in [-0.3, -0.25) is 4.79 Å². The van der Waals surface area contributed by atoms with Crippen molar-refractivity contribution < 1.29 is 28.5 Å². The number of fused-ring (bicyclic) bond motifs is 3. The summed E-state index contributed by atoms with van der Waals surface area (Å²) in [4.78, 5) is 23.8. The Bertz CT molecular complexity index is 1010. The molecule has 2 heterocycles. The molecule has 2 aromatic rings. The second-order valence-corrected chi connectivity index (χ2v) is 7.62. The molecule has 1 aliphatic rings. The van der Waals surface area contributed by atoms with Crippen LogP contribution in [0.25, 0.3) is 11.3 Å². The lowest BCUT2D eigenvalue weighted by molar-refractivity contribution is 0.0693. The molecule has 1 aromatic heterocycles. The first-order chi connectivity index (χ1) is 14.3. The number of halogens is 1. The van der Waals surface area contributed by atoms with Crippen LogP contribution in [-0.2, 0) is 11.2 Å². The van der Waals surface area contributed by atoms with Gasteiger partial charge in [-0.05, 0) is 30.0 Å². The Labute approximate surface area is 174 Å². The number of methoxy groups -OCH3 is 2. The third-order valence-electron chi connectivity index (χ3n) is 5.36. The van der Waals surface area contributed by atoms with Crippen molar-refractivity contribution in [2.75, 3.05) is 27.4 Å². The number of hydrogen-bond acceptors (Lipinski definition) is 5. The molecular weight excluding hydrogens is 393 g/mol. The lowest BCUT2D eigenvalue weighted by Crippen LogP contribution is -2.30. The molecule has 1 aromatic carbocycles. The molecule has 0 spiro atoms. The first-order valence-corrected chi connectivity index (χ1v) is 9.81. The van der Waals surface area contributed by atoms with Crippen LogP contribution in [0, 0.1) is 11.7 Å². The molecule has 1 aliphatic heterocycles. The van der Waals surface area contributed by atoms with Crippen LogP contribution in [0.15, 0.2) is 23.1 Å². The van der Waals surface area contributed by atoms with Gasteiger partial charge in [0.1, 0.15) is 5.56 Å². The largest absolute Gasteiger partial charge is 0.493 e. The summed E-state index contributed by atoms with van der Waals surface area (Å²) in [6.45, 7) is 4.95. The molecule has 3 rings (SSSR count). The smallest absolute Gasteiger partial charge is 0.341 e. The molecule has 0 amide bonds. The Morgan fingerprint density at radius 2 is 2.00 bits per heavy atom. The van der Waals surface area contributed by atoms with Crippen molar-refractivity contribution in [1.82, 2.24) is 4.57 Å². The summed E-state index contributed by atoms with van der Waals surface area (Å²) in [5.74, 6) is -1.49. The van der Waals surface area contributed by atoms with Gasteiger partial charge >= 0.3 is 5.97 Å². The fraction of sp³-hybridized carbons (Fsp3) is 0.455. The van der Waals surface area contributed by atoms with E-state index in [2.05, 4.69) is 0 Å². The molecule has 0 aliphatic carbocycles. The zero-order valence-corrected chi connectivity index (χ0v) is 17.5. The Morgan fingerprint density at radius 1 is 1.27 bits per heavy atom. The normalized spacial score (nSPS) is 14.9. The molecule has 0 saturated carbocycles. The Balaban J connectivity index is 2.17. The van der Waals surface area contributed by atoms with Crippen molar-refractivity contribution >= 4 is 5.97 Å². The third-order valence-corrected chi connectivity index (χ3v) is 5.36. The molecule has 1 atom stereocenters. The van der Waals surface area contributed by atoms with Crippen molar-refractivity contribution in [2.24, 2.45) is 5.92 Å². The first-order valence-electron chi connectivity index (χ1n) is 9.81. The standard InChI is InChI=1S/C22H26FNO6/c1-12(2)16-8-13-9-18(30-7-5-6-28-3)17(29-4)10-14(13)20-19(23)21(25)15(22(26)27)11-24(16)20/h9-12,16H,5-8H2,1-4H3,(H,26,27). The van der Waals surface area contributed by atoms with E-state index in [1.165, 1.54) is 13.3 Å². The summed E-state index contributed by atoms with van der Waals surface area (Å²) < 4.78 is 33.0. The number of ether oxygens (including phenoxy) is 3. The zero-order chi connectivity index (χ0) is 22.0. The minimum atomic E-state index is -1.44. The number of hydrogen-bond donors (Lipinski definition) is 1. The molecule has 0 bridgehead atoms. The van der Waals surface area contributed by atoms with Crippen LogP contribution < -0.4 is 14.9 Å². The summed E-state index contributed by atoms with van der Waals surface area (Å²) in [7, 11) is 3.11. The molecular formula is C22H26FNO6. The molecule has 1 N–H and O–H groups in total. The van der Waals surface area contributed by atoms with E-state index in [9.17, 15) is 14.7 Å². The number of aromatic nitrogens is 1. The monoisotopic (exact) mass is 419 g/mol. The average molecular weight is 419 g/mol. The Kier molecular flexibility index (Phi) is 6.45. The van der Waals surface area contributed by atoms with Gasteiger partial charge in [-0.15, -0.1) is 0 Å². The van der Waals surface area contributed by atoms with Crippen LogP contribution >= 0.6 is 0 Å². The van der Waals surface area contributed by atoms with Crippen molar-refractivity contribution in [3.63, 3.8) is 0 Å². The van der Waals surface area contributed by atoms with Gasteiger partial charge in [0.25, 0.3) is 0 Å². The van der Waals surface area contributed by atoms with Crippen molar-refractivity contribution in [1.29, 1.82) is 0 Å². The zero-order valence-electron chi connectivity index (χ0n) is 17.5. The van der Waals surface area contributed by atoms with Crippen molar-refractivity contribution in [3.8, 4) is 22.8 Å². The molecule has 162 valence electrons. The third kappa shape index (κ3) is 3.92. The fourth-order valence-electron chi connectivity index (χ4n) is 3.80. The number of rotatable bonds is 8. The maximum atomic E-state index is 15.2. The number of carbonyl (C=O) groups is 1. The second kappa shape index (κ2) is 8.87.